The van der Waals surface area contributed by atoms with Gasteiger partial charge in [-0.05, 0) is 43.2 Å². The molecule has 0 atom stereocenters. The van der Waals surface area contributed by atoms with Gasteiger partial charge in [0.2, 0.25) is 0 Å². The normalized spacial score (nSPS) is 16.2. The first-order valence-corrected chi connectivity index (χ1v) is 8.69. The molecule has 1 aromatic carbocycles. The number of nitrogens with zero attached hydrogens (tertiary/aromatic N) is 2. The number of likely N-dealkylation sites (tertiary alicyclic amines) is 1. The number of piperidine rings is 1. The van der Waals surface area contributed by atoms with E-state index in [0.717, 1.165) is 42.6 Å². The standard InChI is InChI=1S/C18H20BrN3O/c19-15-5-3-4-14(12-15)18(23)21-16-7-10-22(11-8-16)13-17-6-1-2-9-20-17/h1-6,9,12,16H,7-8,10-11,13H2,(H,21,23). The van der Waals surface area contributed by atoms with Gasteiger partial charge in [0.1, 0.15) is 0 Å². The highest BCUT2D eigenvalue weighted by atomic mass is 79.9. The first-order valence-electron chi connectivity index (χ1n) is 7.89. The van der Waals surface area contributed by atoms with Gasteiger partial charge in [0.15, 0.2) is 0 Å². The van der Waals surface area contributed by atoms with Crippen molar-refractivity contribution in [2.24, 2.45) is 0 Å². The van der Waals surface area contributed by atoms with Gasteiger partial charge in [0, 0.05) is 41.9 Å². The van der Waals surface area contributed by atoms with Crippen LogP contribution in [0.1, 0.15) is 28.9 Å². The second kappa shape index (κ2) is 7.70. The molecule has 1 aromatic heterocycles. The van der Waals surface area contributed by atoms with Crippen LogP contribution in [0.25, 0.3) is 0 Å². The number of pyridine rings is 1. The number of halogens is 1. The van der Waals surface area contributed by atoms with Gasteiger partial charge in [-0.15, -0.1) is 0 Å². The molecular formula is C18H20BrN3O. The maximum Gasteiger partial charge on any atom is 0.251 e. The van der Waals surface area contributed by atoms with Gasteiger partial charge >= 0.3 is 0 Å². The summed E-state index contributed by atoms with van der Waals surface area (Å²) in [5.74, 6) is 0.00877. The fourth-order valence-electron chi connectivity index (χ4n) is 2.85. The van der Waals surface area contributed by atoms with E-state index in [1.165, 1.54) is 0 Å². The predicted molar refractivity (Wildman–Crippen MR) is 94.1 cm³/mol. The topological polar surface area (TPSA) is 45.2 Å². The fraction of sp³-hybridized carbons (Fsp3) is 0.333. The highest BCUT2D eigenvalue weighted by Gasteiger charge is 2.21. The second-order valence-electron chi connectivity index (χ2n) is 5.86. The molecular weight excluding hydrogens is 354 g/mol. The van der Waals surface area contributed by atoms with Gasteiger partial charge in [-0.1, -0.05) is 28.1 Å². The van der Waals surface area contributed by atoms with E-state index in [2.05, 4.69) is 37.2 Å². The van der Waals surface area contributed by atoms with Crippen LogP contribution in [0.4, 0.5) is 0 Å². The Morgan fingerprint density at radius 1 is 1.22 bits per heavy atom. The predicted octanol–water partition coefficient (Wildman–Crippen LogP) is 3.24. The van der Waals surface area contributed by atoms with E-state index < -0.39 is 0 Å². The molecule has 1 amide bonds. The number of hydrogen-bond donors (Lipinski definition) is 1. The summed E-state index contributed by atoms with van der Waals surface area (Å²) in [5, 5.41) is 3.14. The van der Waals surface area contributed by atoms with E-state index in [-0.39, 0.29) is 11.9 Å². The zero-order valence-electron chi connectivity index (χ0n) is 12.9. The number of carbonyl (C=O) groups excluding carboxylic acids is 1. The molecule has 2 aromatic rings. The molecule has 23 heavy (non-hydrogen) atoms. The van der Waals surface area contributed by atoms with E-state index in [1.54, 1.807) is 0 Å². The van der Waals surface area contributed by atoms with Crippen molar-refractivity contribution in [2.75, 3.05) is 13.1 Å². The molecule has 1 aliphatic heterocycles. The Labute approximate surface area is 145 Å². The van der Waals surface area contributed by atoms with Crippen molar-refractivity contribution in [1.29, 1.82) is 0 Å². The lowest BCUT2D eigenvalue weighted by Gasteiger charge is -2.32. The summed E-state index contributed by atoms with van der Waals surface area (Å²) in [5.41, 5.74) is 1.81. The molecule has 3 rings (SSSR count). The summed E-state index contributed by atoms with van der Waals surface area (Å²) >= 11 is 3.40. The Kier molecular flexibility index (Phi) is 5.41. The summed E-state index contributed by atoms with van der Waals surface area (Å²) in [7, 11) is 0. The van der Waals surface area contributed by atoms with Crippen molar-refractivity contribution in [2.45, 2.75) is 25.4 Å². The van der Waals surface area contributed by atoms with Gasteiger partial charge in [-0.25, -0.2) is 0 Å². The van der Waals surface area contributed by atoms with E-state index in [0.29, 0.717) is 5.56 Å². The minimum atomic E-state index is 0.00877. The van der Waals surface area contributed by atoms with Crippen LogP contribution in [0.3, 0.4) is 0 Å². The largest absolute Gasteiger partial charge is 0.349 e. The number of carbonyl (C=O) groups is 1. The molecule has 1 fully saturated rings. The zero-order valence-corrected chi connectivity index (χ0v) is 14.5. The first-order chi connectivity index (χ1) is 11.2. The number of rotatable bonds is 4. The molecule has 4 nitrogen and oxygen atoms in total. The summed E-state index contributed by atoms with van der Waals surface area (Å²) in [6.07, 6.45) is 3.79. The van der Waals surface area contributed by atoms with E-state index >= 15 is 0 Å². The van der Waals surface area contributed by atoms with Crippen LogP contribution < -0.4 is 5.32 Å². The van der Waals surface area contributed by atoms with Crippen molar-refractivity contribution in [3.8, 4) is 0 Å². The number of hydrogen-bond acceptors (Lipinski definition) is 3. The first kappa shape index (κ1) is 16.1. The summed E-state index contributed by atoms with van der Waals surface area (Å²) in [6.45, 7) is 2.85. The van der Waals surface area contributed by atoms with Gasteiger partial charge in [0.05, 0.1) is 5.69 Å². The highest BCUT2D eigenvalue weighted by molar-refractivity contribution is 9.10. The number of benzene rings is 1. The zero-order chi connectivity index (χ0) is 16.1. The lowest BCUT2D eigenvalue weighted by atomic mass is 10.0. The molecule has 120 valence electrons. The molecule has 0 radical (unpaired) electrons. The molecule has 0 bridgehead atoms. The number of nitrogens with one attached hydrogen (secondary N) is 1. The molecule has 5 heteroatoms. The van der Waals surface area contributed by atoms with Gasteiger partial charge in [-0.2, -0.15) is 0 Å². The quantitative estimate of drug-likeness (QED) is 0.894. The molecule has 0 saturated carbocycles. The maximum atomic E-state index is 12.3. The Balaban J connectivity index is 1.48. The molecule has 1 aliphatic rings. The van der Waals surface area contributed by atoms with Crippen LogP contribution in [0.2, 0.25) is 0 Å². The van der Waals surface area contributed by atoms with Crippen LogP contribution in [0.15, 0.2) is 53.1 Å². The van der Waals surface area contributed by atoms with Gasteiger partial charge in [-0.3, -0.25) is 14.7 Å². The van der Waals surface area contributed by atoms with Crippen molar-refractivity contribution in [3.05, 3.63) is 64.4 Å². The van der Waals surface area contributed by atoms with Crippen LogP contribution in [0, 0.1) is 0 Å². The summed E-state index contributed by atoms with van der Waals surface area (Å²) in [4.78, 5) is 19.0. The Hall–Kier alpha value is -1.72. The monoisotopic (exact) mass is 373 g/mol. The minimum absolute atomic E-state index is 0.00877. The SMILES string of the molecule is O=C(NC1CCN(Cc2ccccn2)CC1)c1cccc(Br)c1. The Bertz CT molecular complexity index is 654. The third-order valence-electron chi connectivity index (χ3n) is 4.12. The van der Waals surface area contributed by atoms with Crippen molar-refractivity contribution >= 4 is 21.8 Å². The highest BCUT2D eigenvalue weighted by Crippen LogP contribution is 2.15. The third kappa shape index (κ3) is 4.62. The van der Waals surface area contributed by atoms with E-state index in [9.17, 15) is 4.79 Å². The fourth-order valence-corrected chi connectivity index (χ4v) is 3.25. The summed E-state index contributed by atoms with van der Waals surface area (Å²) < 4.78 is 0.926. The smallest absolute Gasteiger partial charge is 0.251 e. The van der Waals surface area contributed by atoms with Crippen molar-refractivity contribution < 1.29 is 4.79 Å². The molecule has 0 unspecified atom stereocenters. The average Bonchev–Trinajstić information content (AvgIpc) is 2.57. The average molecular weight is 374 g/mol. The molecule has 2 heterocycles. The third-order valence-corrected chi connectivity index (χ3v) is 4.61. The Morgan fingerprint density at radius 3 is 2.74 bits per heavy atom. The van der Waals surface area contributed by atoms with Crippen LogP contribution in [-0.2, 0) is 6.54 Å². The van der Waals surface area contributed by atoms with E-state index in [1.807, 2.05) is 42.6 Å². The second-order valence-corrected chi connectivity index (χ2v) is 6.77. The molecule has 1 saturated heterocycles. The Morgan fingerprint density at radius 2 is 2.04 bits per heavy atom. The van der Waals surface area contributed by atoms with Gasteiger partial charge in [0.25, 0.3) is 5.91 Å². The maximum absolute atomic E-state index is 12.3. The van der Waals surface area contributed by atoms with Crippen molar-refractivity contribution in [3.63, 3.8) is 0 Å². The lowest BCUT2D eigenvalue weighted by Crippen LogP contribution is -2.44. The molecule has 0 spiro atoms. The molecule has 1 N–H and O–H groups in total. The number of amides is 1. The van der Waals surface area contributed by atoms with Gasteiger partial charge < -0.3 is 5.32 Å². The van der Waals surface area contributed by atoms with Crippen LogP contribution in [-0.4, -0.2) is 34.9 Å². The minimum Gasteiger partial charge on any atom is -0.349 e. The van der Waals surface area contributed by atoms with Crippen LogP contribution in [0.5, 0.6) is 0 Å². The van der Waals surface area contributed by atoms with E-state index in [4.69, 9.17) is 0 Å². The van der Waals surface area contributed by atoms with Crippen LogP contribution >= 0.6 is 15.9 Å². The van der Waals surface area contributed by atoms with Crippen molar-refractivity contribution in [1.82, 2.24) is 15.2 Å². The number of aromatic nitrogens is 1. The summed E-state index contributed by atoms with van der Waals surface area (Å²) in [6, 6.07) is 13.8. The molecule has 0 aliphatic carbocycles. The lowest BCUT2D eigenvalue weighted by molar-refractivity contribution is 0.0908.